The second-order valence-corrected chi connectivity index (χ2v) is 6.45. The minimum absolute atomic E-state index is 0.0802. The Kier molecular flexibility index (Phi) is 4.42. The molecule has 0 fully saturated rings. The molecular formula is C18H25N3O. The molecule has 4 nitrogen and oxygen atoms in total. The molecule has 0 aliphatic rings. The van der Waals surface area contributed by atoms with Crippen LogP contribution in [0.4, 0.5) is 0 Å². The van der Waals surface area contributed by atoms with E-state index >= 15 is 0 Å². The van der Waals surface area contributed by atoms with Crippen LogP contribution < -0.4 is 11.1 Å². The van der Waals surface area contributed by atoms with Gasteiger partial charge in [0.05, 0.1) is 5.56 Å². The van der Waals surface area contributed by atoms with Crippen molar-refractivity contribution >= 4 is 5.91 Å². The SMILES string of the molecule is Cc1ccccc1-n1c(C)cc(C(=O)NC(C)(C)CN)c1C. The van der Waals surface area contributed by atoms with Gasteiger partial charge in [0.2, 0.25) is 0 Å². The first kappa shape index (κ1) is 16.3. The van der Waals surface area contributed by atoms with Gasteiger partial charge in [0.25, 0.3) is 5.91 Å². The lowest BCUT2D eigenvalue weighted by molar-refractivity contribution is 0.0915. The Morgan fingerprint density at radius 2 is 1.86 bits per heavy atom. The molecule has 0 saturated carbocycles. The van der Waals surface area contributed by atoms with Crippen LogP contribution in [0.3, 0.4) is 0 Å². The number of nitrogens with two attached hydrogens (primary N) is 1. The fourth-order valence-corrected chi connectivity index (χ4v) is 2.60. The second-order valence-electron chi connectivity index (χ2n) is 6.45. The summed E-state index contributed by atoms with van der Waals surface area (Å²) >= 11 is 0. The van der Waals surface area contributed by atoms with Crippen molar-refractivity contribution in [2.75, 3.05) is 6.54 Å². The van der Waals surface area contributed by atoms with Crippen molar-refractivity contribution in [2.24, 2.45) is 5.73 Å². The van der Waals surface area contributed by atoms with E-state index < -0.39 is 5.54 Å². The Hall–Kier alpha value is -2.07. The molecule has 3 N–H and O–H groups in total. The van der Waals surface area contributed by atoms with Gasteiger partial charge in [0, 0.05) is 29.2 Å². The van der Waals surface area contributed by atoms with E-state index in [1.807, 2.05) is 45.9 Å². The third kappa shape index (κ3) is 3.07. The van der Waals surface area contributed by atoms with Crippen LogP contribution in [0, 0.1) is 20.8 Å². The zero-order valence-electron chi connectivity index (χ0n) is 14.0. The second kappa shape index (κ2) is 5.97. The van der Waals surface area contributed by atoms with Crippen molar-refractivity contribution in [1.29, 1.82) is 0 Å². The highest BCUT2D eigenvalue weighted by Gasteiger charge is 2.23. The van der Waals surface area contributed by atoms with Gasteiger partial charge in [-0.2, -0.15) is 0 Å². The molecule has 1 heterocycles. The van der Waals surface area contributed by atoms with Crippen molar-refractivity contribution in [3.05, 3.63) is 52.8 Å². The number of rotatable bonds is 4. The summed E-state index contributed by atoms with van der Waals surface area (Å²) in [6.45, 7) is 10.3. The summed E-state index contributed by atoms with van der Waals surface area (Å²) in [5.74, 6) is -0.0802. The molecule has 0 saturated heterocycles. The summed E-state index contributed by atoms with van der Waals surface area (Å²) in [5.41, 5.74) is 10.3. The molecule has 0 aliphatic carbocycles. The molecule has 22 heavy (non-hydrogen) atoms. The molecule has 1 aromatic heterocycles. The number of aromatic nitrogens is 1. The van der Waals surface area contributed by atoms with Crippen LogP contribution >= 0.6 is 0 Å². The molecule has 1 amide bonds. The van der Waals surface area contributed by atoms with E-state index in [9.17, 15) is 4.79 Å². The fourth-order valence-electron chi connectivity index (χ4n) is 2.60. The van der Waals surface area contributed by atoms with Crippen LogP contribution in [0.15, 0.2) is 30.3 Å². The predicted octanol–water partition coefficient (Wildman–Crippen LogP) is 2.87. The van der Waals surface area contributed by atoms with E-state index in [0.717, 1.165) is 17.1 Å². The normalized spacial score (nSPS) is 11.5. The number of carbonyl (C=O) groups excluding carboxylic acids is 1. The van der Waals surface area contributed by atoms with E-state index in [4.69, 9.17) is 5.73 Å². The van der Waals surface area contributed by atoms with Gasteiger partial charge in [-0.05, 0) is 52.3 Å². The van der Waals surface area contributed by atoms with E-state index in [1.165, 1.54) is 5.56 Å². The van der Waals surface area contributed by atoms with Gasteiger partial charge in [0.1, 0.15) is 0 Å². The maximum atomic E-state index is 12.5. The highest BCUT2D eigenvalue weighted by atomic mass is 16.1. The third-order valence-electron chi connectivity index (χ3n) is 3.99. The highest BCUT2D eigenvalue weighted by Crippen LogP contribution is 2.23. The average Bonchev–Trinajstić information content (AvgIpc) is 2.75. The number of amides is 1. The topological polar surface area (TPSA) is 60.0 Å². The average molecular weight is 299 g/mol. The van der Waals surface area contributed by atoms with Crippen molar-refractivity contribution < 1.29 is 4.79 Å². The Balaban J connectivity index is 2.44. The van der Waals surface area contributed by atoms with Crippen LogP contribution in [-0.4, -0.2) is 22.6 Å². The number of nitrogens with one attached hydrogen (secondary N) is 1. The molecular weight excluding hydrogens is 274 g/mol. The lowest BCUT2D eigenvalue weighted by Crippen LogP contribution is -2.48. The first-order valence-electron chi connectivity index (χ1n) is 7.54. The van der Waals surface area contributed by atoms with Crippen LogP contribution in [0.5, 0.6) is 0 Å². The number of hydrogen-bond donors (Lipinski definition) is 2. The van der Waals surface area contributed by atoms with Crippen LogP contribution in [0.2, 0.25) is 0 Å². The third-order valence-corrected chi connectivity index (χ3v) is 3.99. The highest BCUT2D eigenvalue weighted by molar-refractivity contribution is 5.96. The van der Waals surface area contributed by atoms with Gasteiger partial charge >= 0.3 is 0 Å². The van der Waals surface area contributed by atoms with Crippen LogP contribution in [-0.2, 0) is 0 Å². The van der Waals surface area contributed by atoms with E-state index in [1.54, 1.807) is 0 Å². The number of para-hydroxylation sites is 1. The van der Waals surface area contributed by atoms with Crippen molar-refractivity contribution in [2.45, 2.75) is 40.2 Å². The van der Waals surface area contributed by atoms with Gasteiger partial charge < -0.3 is 15.6 Å². The standard InChI is InChI=1S/C18H25N3O/c1-12-8-6-7-9-16(12)21-13(2)10-15(14(21)3)17(22)20-18(4,5)11-19/h6-10H,11,19H2,1-5H3,(H,20,22). The summed E-state index contributed by atoms with van der Waals surface area (Å²) in [6.07, 6.45) is 0. The Morgan fingerprint density at radius 1 is 1.23 bits per heavy atom. The zero-order chi connectivity index (χ0) is 16.5. The predicted molar refractivity (Wildman–Crippen MR) is 90.6 cm³/mol. The molecule has 0 bridgehead atoms. The molecule has 0 unspecified atom stereocenters. The lowest BCUT2D eigenvalue weighted by atomic mass is 10.1. The maximum absolute atomic E-state index is 12.5. The molecule has 0 aliphatic heterocycles. The van der Waals surface area contributed by atoms with E-state index in [2.05, 4.69) is 28.9 Å². The number of benzene rings is 1. The first-order valence-corrected chi connectivity index (χ1v) is 7.54. The number of nitrogens with zero attached hydrogens (tertiary/aromatic N) is 1. The number of hydrogen-bond acceptors (Lipinski definition) is 2. The van der Waals surface area contributed by atoms with Crippen LogP contribution in [0.25, 0.3) is 5.69 Å². The monoisotopic (exact) mass is 299 g/mol. The van der Waals surface area contributed by atoms with Crippen molar-refractivity contribution in [1.82, 2.24) is 9.88 Å². The smallest absolute Gasteiger partial charge is 0.253 e. The Morgan fingerprint density at radius 3 is 2.45 bits per heavy atom. The molecule has 118 valence electrons. The fraction of sp³-hybridized carbons (Fsp3) is 0.389. The summed E-state index contributed by atoms with van der Waals surface area (Å²) in [7, 11) is 0. The van der Waals surface area contributed by atoms with Crippen molar-refractivity contribution in [3.8, 4) is 5.69 Å². The lowest BCUT2D eigenvalue weighted by Gasteiger charge is -2.24. The molecule has 0 spiro atoms. The van der Waals surface area contributed by atoms with Gasteiger partial charge in [0.15, 0.2) is 0 Å². The molecule has 0 radical (unpaired) electrons. The van der Waals surface area contributed by atoms with Gasteiger partial charge in [-0.15, -0.1) is 0 Å². The molecule has 0 atom stereocenters. The summed E-state index contributed by atoms with van der Waals surface area (Å²) in [6, 6.07) is 10.1. The molecule has 2 rings (SSSR count). The number of aryl methyl sites for hydroxylation is 2. The Labute approximate surface area is 132 Å². The molecule has 4 heteroatoms. The van der Waals surface area contributed by atoms with Gasteiger partial charge in [-0.25, -0.2) is 0 Å². The minimum atomic E-state index is -0.414. The van der Waals surface area contributed by atoms with Crippen molar-refractivity contribution in [3.63, 3.8) is 0 Å². The summed E-state index contributed by atoms with van der Waals surface area (Å²) < 4.78 is 2.12. The maximum Gasteiger partial charge on any atom is 0.253 e. The minimum Gasteiger partial charge on any atom is -0.346 e. The number of carbonyl (C=O) groups is 1. The van der Waals surface area contributed by atoms with Gasteiger partial charge in [-0.1, -0.05) is 18.2 Å². The quantitative estimate of drug-likeness (QED) is 0.912. The van der Waals surface area contributed by atoms with Gasteiger partial charge in [-0.3, -0.25) is 4.79 Å². The molecule has 2 aromatic rings. The Bertz CT molecular complexity index is 698. The summed E-state index contributed by atoms with van der Waals surface area (Å²) in [4.78, 5) is 12.5. The van der Waals surface area contributed by atoms with E-state index in [0.29, 0.717) is 12.1 Å². The zero-order valence-corrected chi connectivity index (χ0v) is 14.0. The van der Waals surface area contributed by atoms with E-state index in [-0.39, 0.29) is 5.91 Å². The van der Waals surface area contributed by atoms with Crippen LogP contribution in [0.1, 0.15) is 41.2 Å². The first-order chi connectivity index (χ1) is 10.3. The summed E-state index contributed by atoms with van der Waals surface area (Å²) in [5, 5.41) is 2.99. The molecule has 1 aromatic carbocycles. The largest absolute Gasteiger partial charge is 0.346 e.